The van der Waals surface area contributed by atoms with Crippen molar-refractivity contribution >= 4 is 28.7 Å². The van der Waals surface area contributed by atoms with Crippen molar-refractivity contribution in [1.82, 2.24) is 14.5 Å². The normalized spacial score (nSPS) is 15.0. The first-order valence-corrected chi connectivity index (χ1v) is 9.22. The number of carbonyl (C=O) groups is 1. The summed E-state index contributed by atoms with van der Waals surface area (Å²) in [5.41, 5.74) is 1.28. The van der Waals surface area contributed by atoms with E-state index < -0.39 is 17.8 Å². The molecule has 3 aromatic rings. The number of halogens is 3. The van der Waals surface area contributed by atoms with Crippen molar-refractivity contribution in [2.24, 2.45) is 7.05 Å². The fourth-order valence-electron chi connectivity index (χ4n) is 3.50. The summed E-state index contributed by atoms with van der Waals surface area (Å²) in [6.07, 6.45) is -4.45. The molecule has 0 aliphatic carbocycles. The number of carbonyl (C=O) groups excluding carboxylic acids is 1. The van der Waals surface area contributed by atoms with E-state index in [1.807, 2.05) is 35.9 Å². The van der Waals surface area contributed by atoms with Crippen molar-refractivity contribution in [1.29, 1.82) is 0 Å². The maximum absolute atomic E-state index is 12.8. The number of benzene rings is 2. The van der Waals surface area contributed by atoms with E-state index in [9.17, 15) is 18.0 Å². The largest absolute Gasteiger partial charge is 0.416 e. The molecule has 1 aromatic heterocycles. The van der Waals surface area contributed by atoms with Crippen LogP contribution in [-0.4, -0.2) is 46.7 Å². The predicted octanol–water partition coefficient (Wildman–Crippen LogP) is 3.95. The van der Waals surface area contributed by atoms with E-state index in [4.69, 9.17) is 0 Å². The Labute approximate surface area is 165 Å². The number of nitrogens with zero attached hydrogens (tertiary/aromatic N) is 4. The number of fused-ring (bicyclic) bond motifs is 1. The molecule has 6 nitrogen and oxygen atoms in total. The Morgan fingerprint density at radius 2 is 1.76 bits per heavy atom. The molecule has 0 bridgehead atoms. The summed E-state index contributed by atoms with van der Waals surface area (Å²) in [6, 6.07) is 12.1. The fraction of sp³-hybridized carbons (Fsp3) is 0.300. The molecule has 1 aliphatic rings. The molecular formula is C20H20F3N5O. The van der Waals surface area contributed by atoms with E-state index in [0.29, 0.717) is 26.2 Å². The van der Waals surface area contributed by atoms with Gasteiger partial charge in [0.05, 0.1) is 16.6 Å². The average Bonchev–Trinajstić information content (AvgIpc) is 3.04. The number of nitrogens with one attached hydrogen (secondary N) is 1. The van der Waals surface area contributed by atoms with Gasteiger partial charge in [-0.1, -0.05) is 18.2 Å². The molecule has 2 amide bonds. The number of amides is 2. The van der Waals surface area contributed by atoms with Gasteiger partial charge in [-0.05, 0) is 30.3 Å². The Morgan fingerprint density at radius 3 is 2.45 bits per heavy atom. The maximum Gasteiger partial charge on any atom is 0.416 e. The van der Waals surface area contributed by atoms with E-state index in [-0.39, 0.29) is 5.69 Å². The zero-order chi connectivity index (χ0) is 20.6. The Kier molecular flexibility index (Phi) is 4.81. The van der Waals surface area contributed by atoms with Crippen LogP contribution in [0.4, 0.5) is 29.6 Å². The smallest absolute Gasteiger partial charge is 0.339 e. The second-order valence-corrected chi connectivity index (χ2v) is 6.94. The monoisotopic (exact) mass is 403 g/mol. The third-order valence-electron chi connectivity index (χ3n) is 5.05. The summed E-state index contributed by atoms with van der Waals surface area (Å²) in [5, 5.41) is 2.56. The molecule has 9 heteroatoms. The molecule has 0 unspecified atom stereocenters. The van der Waals surface area contributed by atoms with Gasteiger partial charge in [-0.2, -0.15) is 13.2 Å². The minimum Gasteiger partial charge on any atom is -0.339 e. The van der Waals surface area contributed by atoms with Gasteiger partial charge in [-0.3, -0.25) is 0 Å². The van der Waals surface area contributed by atoms with Crippen LogP contribution in [0.25, 0.3) is 11.0 Å². The Balaban J connectivity index is 1.40. The molecule has 2 heterocycles. The molecular weight excluding hydrogens is 383 g/mol. The summed E-state index contributed by atoms with van der Waals surface area (Å²) in [4.78, 5) is 20.8. The third-order valence-corrected chi connectivity index (χ3v) is 5.05. The quantitative estimate of drug-likeness (QED) is 0.705. The Bertz CT molecular complexity index is 1040. The van der Waals surface area contributed by atoms with Gasteiger partial charge in [-0.15, -0.1) is 0 Å². The number of imidazole rings is 1. The SMILES string of the molecule is Cn1c(N2CCN(C(=O)Nc3cccc(C(F)(F)F)c3)CC2)nc2ccccc21. The molecule has 2 aromatic carbocycles. The highest BCUT2D eigenvalue weighted by molar-refractivity contribution is 5.89. The van der Waals surface area contributed by atoms with E-state index >= 15 is 0 Å². The molecule has 0 radical (unpaired) electrons. The summed E-state index contributed by atoms with van der Waals surface area (Å²) in [7, 11) is 1.96. The highest BCUT2D eigenvalue weighted by Crippen LogP contribution is 2.30. The third kappa shape index (κ3) is 3.85. The lowest BCUT2D eigenvalue weighted by Gasteiger charge is -2.35. The van der Waals surface area contributed by atoms with Gasteiger partial charge in [0, 0.05) is 38.9 Å². The molecule has 1 fully saturated rings. The van der Waals surface area contributed by atoms with E-state index in [1.165, 1.54) is 12.1 Å². The number of piperazine rings is 1. The minimum atomic E-state index is -4.45. The number of aromatic nitrogens is 2. The first-order chi connectivity index (χ1) is 13.8. The molecule has 4 rings (SSSR count). The molecule has 0 spiro atoms. The standard InChI is InChI=1S/C20H20F3N5O/c1-26-17-8-3-2-7-16(17)25-18(26)27-9-11-28(12-10-27)19(29)24-15-6-4-5-14(13-15)20(21,22)23/h2-8,13H,9-12H2,1H3,(H,24,29). The molecule has 0 atom stereocenters. The van der Waals surface area contributed by atoms with Crippen molar-refractivity contribution in [2.45, 2.75) is 6.18 Å². The topological polar surface area (TPSA) is 53.4 Å². The number of aryl methyl sites for hydroxylation is 1. The van der Waals surface area contributed by atoms with Crippen LogP contribution < -0.4 is 10.2 Å². The molecule has 0 saturated carbocycles. The molecule has 1 aliphatic heterocycles. The maximum atomic E-state index is 12.8. The molecule has 29 heavy (non-hydrogen) atoms. The number of hydrogen-bond donors (Lipinski definition) is 1. The number of anilines is 2. The first-order valence-electron chi connectivity index (χ1n) is 9.22. The number of hydrogen-bond acceptors (Lipinski definition) is 3. The second-order valence-electron chi connectivity index (χ2n) is 6.94. The van der Waals surface area contributed by atoms with Crippen LogP contribution in [0.3, 0.4) is 0 Å². The first kappa shape index (κ1) is 19.1. The zero-order valence-electron chi connectivity index (χ0n) is 15.8. The highest BCUT2D eigenvalue weighted by Gasteiger charge is 2.31. The van der Waals surface area contributed by atoms with Crippen LogP contribution in [0.5, 0.6) is 0 Å². The number of para-hydroxylation sites is 2. The van der Waals surface area contributed by atoms with Crippen molar-refractivity contribution in [3.05, 3.63) is 54.1 Å². The van der Waals surface area contributed by atoms with Crippen molar-refractivity contribution in [2.75, 3.05) is 36.4 Å². The van der Waals surface area contributed by atoms with Crippen LogP contribution in [0.1, 0.15) is 5.56 Å². The highest BCUT2D eigenvalue weighted by atomic mass is 19.4. The van der Waals surface area contributed by atoms with Gasteiger partial charge in [0.25, 0.3) is 0 Å². The van der Waals surface area contributed by atoms with Gasteiger partial charge in [-0.25, -0.2) is 9.78 Å². The lowest BCUT2D eigenvalue weighted by atomic mass is 10.2. The summed E-state index contributed by atoms with van der Waals surface area (Å²) >= 11 is 0. The predicted molar refractivity (Wildman–Crippen MR) is 105 cm³/mol. The van der Waals surface area contributed by atoms with Crippen LogP contribution in [0.2, 0.25) is 0 Å². The lowest BCUT2D eigenvalue weighted by molar-refractivity contribution is -0.137. The van der Waals surface area contributed by atoms with Crippen LogP contribution >= 0.6 is 0 Å². The van der Waals surface area contributed by atoms with Gasteiger partial charge in [0.1, 0.15) is 0 Å². The fourth-order valence-corrected chi connectivity index (χ4v) is 3.50. The number of urea groups is 1. The summed E-state index contributed by atoms with van der Waals surface area (Å²) in [6.45, 7) is 2.09. The Morgan fingerprint density at radius 1 is 1.03 bits per heavy atom. The van der Waals surface area contributed by atoms with Gasteiger partial charge in [0.2, 0.25) is 5.95 Å². The van der Waals surface area contributed by atoms with Gasteiger partial charge in [0.15, 0.2) is 0 Å². The lowest BCUT2D eigenvalue weighted by Crippen LogP contribution is -2.50. The van der Waals surface area contributed by atoms with Gasteiger partial charge < -0.3 is 19.7 Å². The van der Waals surface area contributed by atoms with E-state index in [2.05, 4.69) is 15.2 Å². The van der Waals surface area contributed by atoms with Crippen LogP contribution in [0.15, 0.2) is 48.5 Å². The number of rotatable bonds is 2. The van der Waals surface area contributed by atoms with Crippen molar-refractivity contribution < 1.29 is 18.0 Å². The van der Waals surface area contributed by atoms with Crippen LogP contribution in [-0.2, 0) is 13.2 Å². The van der Waals surface area contributed by atoms with Gasteiger partial charge >= 0.3 is 12.2 Å². The summed E-state index contributed by atoms with van der Waals surface area (Å²) < 4.78 is 40.5. The Hall–Kier alpha value is -3.23. The van der Waals surface area contributed by atoms with E-state index in [0.717, 1.165) is 29.1 Å². The van der Waals surface area contributed by atoms with E-state index in [1.54, 1.807) is 4.90 Å². The molecule has 152 valence electrons. The zero-order valence-corrected chi connectivity index (χ0v) is 15.8. The van der Waals surface area contributed by atoms with Crippen molar-refractivity contribution in [3.63, 3.8) is 0 Å². The van der Waals surface area contributed by atoms with Crippen molar-refractivity contribution in [3.8, 4) is 0 Å². The number of alkyl halides is 3. The molecule has 1 N–H and O–H groups in total. The minimum absolute atomic E-state index is 0.127. The second kappa shape index (κ2) is 7.31. The average molecular weight is 403 g/mol. The summed E-state index contributed by atoms with van der Waals surface area (Å²) in [5.74, 6) is 0.837. The van der Waals surface area contributed by atoms with Crippen LogP contribution in [0, 0.1) is 0 Å². The molecule has 1 saturated heterocycles.